The van der Waals surface area contributed by atoms with Crippen molar-refractivity contribution in [3.8, 4) is 11.1 Å². The predicted molar refractivity (Wildman–Crippen MR) is 145 cm³/mol. The normalized spacial score (nSPS) is 12.3. The Hall–Kier alpha value is -5.11. The van der Waals surface area contributed by atoms with E-state index in [1.54, 1.807) is 24.3 Å². The van der Waals surface area contributed by atoms with Crippen LogP contribution < -0.4 is 10.6 Å². The largest absolute Gasteiger partial charge is 0.477 e. The van der Waals surface area contributed by atoms with Crippen LogP contribution in [0.2, 0.25) is 0 Å². The Morgan fingerprint density at radius 2 is 1.62 bits per heavy atom. The monoisotopic (exact) mass is 494 g/mol. The fourth-order valence-electron chi connectivity index (χ4n) is 3.41. The van der Waals surface area contributed by atoms with Gasteiger partial charge in [-0.3, -0.25) is 4.79 Å². The maximum atomic E-state index is 12.4. The summed E-state index contributed by atoms with van der Waals surface area (Å²) >= 11 is 0. The summed E-state index contributed by atoms with van der Waals surface area (Å²) in [6, 6.07) is 21.8. The summed E-state index contributed by atoms with van der Waals surface area (Å²) in [5.41, 5.74) is 2.76. The Bertz CT molecular complexity index is 1390. The molecule has 0 spiro atoms. The van der Waals surface area contributed by atoms with E-state index in [0.29, 0.717) is 11.1 Å². The van der Waals surface area contributed by atoms with Gasteiger partial charge in [0.05, 0.1) is 0 Å². The SMILES string of the molecule is C/C=C\C=C(\N/C(=C\C(=C/C)c1ccccc1)C(=O)N=O)Nc1cc(-c2ccccc2)cc(C(=O)O)n1. The molecule has 0 saturated heterocycles. The van der Waals surface area contributed by atoms with Crippen LogP contribution in [-0.4, -0.2) is 22.0 Å². The van der Waals surface area contributed by atoms with Crippen LogP contribution in [0.25, 0.3) is 16.7 Å². The first-order valence-corrected chi connectivity index (χ1v) is 11.4. The number of amides is 1. The number of carbonyl (C=O) groups excluding carboxylic acids is 1. The van der Waals surface area contributed by atoms with E-state index in [0.717, 1.165) is 11.1 Å². The Morgan fingerprint density at radius 1 is 0.946 bits per heavy atom. The summed E-state index contributed by atoms with van der Waals surface area (Å²) in [6.07, 6.45) is 8.44. The Balaban J connectivity index is 2.02. The number of carboxylic acids is 1. The van der Waals surface area contributed by atoms with Crippen LogP contribution in [0.15, 0.2) is 120 Å². The van der Waals surface area contributed by atoms with Gasteiger partial charge in [-0.2, -0.15) is 0 Å². The summed E-state index contributed by atoms with van der Waals surface area (Å²) in [4.78, 5) is 39.6. The molecule has 0 aliphatic carbocycles. The lowest BCUT2D eigenvalue weighted by molar-refractivity contribution is -0.114. The standard InChI is InChI=1S/C29H26N4O4/c1-3-5-16-26(30-24(28(34)33-37)17-20(4-2)21-12-8-6-9-13-21)32-27-19-23(18-25(31-27)29(35)36)22-14-10-7-11-15-22/h3-19,30H,1-2H3,(H,31,32)(H,35,36)/b5-3-,20-4+,24-17-,26-16-. The number of nitrogens with one attached hydrogen (secondary N) is 2. The second-order valence-electron chi connectivity index (χ2n) is 7.72. The average Bonchev–Trinajstić information content (AvgIpc) is 2.94. The number of hydrogen-bond donors (Lipinski definition) is 3. The number of benzene rings is 2. The van der Waals surface area contributed by atoms with Gasteiger partial charge in [-0.15, -0.1) is 4.91 Å². The molecule has 8 heteroatoms. The van der Waals surface area contributed by atoms with Crippen molar-refractivity contribution in [2.24, 2.45) is 5.18 Å². The van der Waals surface area contributed by atoms with Gasteiger partial charge in [0.15, 0.2) is 5.69 Å². The summed E-state index contributed by atoms with van der Waals surface area (Å²) in [5.74, 6) is -1.68. The minimum absolute atomic E-state index is 0.0760. The molecule has 2 aromatic carbocycles. The number of rotatable bonds is 10. The first kappa shape index (κ1) is 26.5. The van der Waals surface area contributed by atoms with Crippen molar-refractivity contribution < 1.29 is 14.7 Å². The third kappa shape index (κ3) is 7.43. The molecular weight excluding hydrogens is 468 g/mol. The van der Waals surface area contributed by atoms with Crippen molar-refractivity contribution in [2.75, 3.05) is 5.32 Å². The molecule has 0 aliphatic rings. The summed E-state index contributed by atoms with van der Waals surface area (Å²) < 4.78 is 0. The van der Waals surface area contributed by atoms with Crippen LogP contribution in [0.4, 0.5) is 5.82 Å². The molecule has 3 aromatic rings. The van der Waals surface area contributed by atoms with E-state index < -0.39 is 11.9 Å². The van der Waals surface area contributed by atoms with Crippen LogP contribution in [0.5, 0.6) is 0 Å². The molecule has 8 nitrogen and oxygen atoms in total. The summed E-state index contributed by atoms with van der Waals surface area (Å²) in [5, 5.41) is 18.1. The molecule has 186 valence electrons. The van der Waals surface area contributed by atoms with Gasteiger partial charge in [-0.05, 0) is 60.4 Å². The minimum atomic E-state index is -1.19. The van der Waals surface area contributed by atoms with E-state index in [4.69, 9.17) is 0 Å². The van der Waals surface area contributed by atoms with Gasteiger partial charge >= 0.3 is 11.9 Å². The van der Waals surface area contributed by atoms with E-state index in [-0.39, 0.29) is 23.0 Å². The number of anilines is 1. The third-order valence-electron chi connectivity index (χ3n) is 5.17. The molecule has 3 rings (SSSR count). The van der Waals surface area contributed by atoms with E-state index in [2.05, 4.69) is 20.8 Å². The molecule has 0 bridgehead atoms. The first-order valence-electron chi connectivity index (χ1n) is 11.4. The Morgan fingerprint density at radius 3 is 2.22 bits per heavy atom. The summed E-state index contributed by atoms with van der Waals surface area (Å²) in [6.45, 7) is 3.63. The lowest BCUT2D eigenvalue weighted by atomic mass is 10.0. The maximum absolute atomic E-state index is 12.4. The second-order valence-corrected chi connectivity index (χ2v) is 7.72. The highest BCUT2D eigenvalue weighted by Gasteiger charge is 2.15. The quantitative estimate of drug-likeness (QED) is 0.176. The maximum Gasteiger partial charge on any atom is 0.354 e. The minimum Gasteiger partial charge on any atom is -0.477 e. The third-order valence-corrected chi connectivity index (χ3v) is 5.17. The molecule has 3 N–H and O–H groups in total. The van der Waals surface area contributed by atoms with Crippen molar-refractivity contribution in [2.45, 2.75) is 13.8 Å². The number of aromatic carboxylic acids is 1. The Kier molecular flexibility index (Phi) is 9.38. The highest BCUT2D eigenvalue weighted by atomic mass is 16.4. The van der Waals surface area contributed by atoms with Crippen LogP contribution in [-0.2, 0) is 4.79 Å². The number of nitrogens with zero attached hydrogens (tertiary/aromatic N) is 2. The van der Waals surface area contributed by atoms with E-state index >= 15 is 0 Å². The van der Waals surface area contributed by atoms with Crippen molar-refractivity contribution in [1.82, 2.24) is 10.3 Å². The number of nitroso groups, excluding NO2 is 1. The van der Waals surface area contributed by atoms with Gasteiger partial charge in [0, 0.05) is 5.18 Å². The molecule has 0 aliphatic heterocycles. The summed E-state index contributed by atoms with van der Waals surface area (Å²) in [7, 11) is 0. The van der Waals surface area contributed by atoms with Gasteiger partial charge < -0.3 is 15.7 Å². The van der Waals surface area contributed by atoms with Crippen molar-refractivity contribution in [3.63, 3.8) is 0 Å². The zero-order chi connectivity index (χ0) is 26.6. The zero-order valence-corrected chi connectivity index (χ0v) is 20.4. The highest BCUT2D eigenvalue weighted by Crippen LogP contribution is 2.24. The van der Waals surface area contributed by atoms with E-state index in [9.17, 15) is 19.6 Å². The molecule has 0 unspecified atom stereocenters. The topological polar surface area (TPSA) is 121 Å². The van der Waals surface area contributed by atoms with Gasteiger partial charge in [0.25, 0.3) is 0 Å². The van der Waals surface area contributed by atoms with Gasteiger partial charge in [-0.25, -0.2) is 9.78 Å². The molecule has 1 amide bonds. The Labute approximate surface area is 214 Å². The molecule has 0 saturated carbocycles. The number of carboxylic acid groups (broad SMARTS) is 1. The number of aromatic nitrogens is 1. The van der Waals surface area contributed by atoms with Crippen LogP contribution in [0.3, 0.4) is 0 Å². The van der Waals surface area contributed by atoms with Crippen LogP contribution >= 0.6 is 0 Å². The van der Waals surface area contributed by atoms with Crippen molar-refractivity contribution in [1.29, 1.82) is 0 Å². The van der Waals surface area contributed by atoms with E-state index in [1.807, 2.05) is 80.6 Å². The van der Waals surface area contributed by atoms with E-state index in [1.165, 1.54) is 12.1 Å². The van der Waals surface area contributed by atoms with Gasteiger partial charge in [0.1, 0.15) is 17.3 Å². The first-order chi connectivity index (χ1) is 17.9. The average molecular weight is 495 g/mol. The molecule has 0 fully saturated rings. The smallest absolute Gasteiger partial charge is 0.354 e. The number of pyridine rings is 1. The van der Waals surface area contributed by atoms with Crippen molar-refractivity contribution in [3.05, 3.63) is 131 Å². The number of carbonyl (C=O) groups is 2. The lowest BCUT2D eigenvalue weighted by Crippen LogP contribution is -2.24. The molecule has 1 heterocycles. The van der Waals surface area contributed by atoms with Gasteiger partial charge in [-0.1, -0.05) is 78.9 Å². The fourth-order valence-corrected chi connectivity index (χ4v) is 3.41. The van der Waals surface area contributed by atoms with Crippen molar-refractivity contribution >= 4 is 23.3 Å². The van der Waals surface area contributed by atoms with Crippen LogP contribution in [0, 0.1) is 4.91 Å². The lowest BCUT2D eigenvalue weighted by Gasteiger charge is -2.15. The zero-order valence-electron chi connectivity index (χ0n) is 20.4. The van der Waals surface area contributed by atoms with Gasteiger partial charge in [0.2, 0.25) is 0 Å². The molecule has 1 aromatic heterocycles. The molecule has 0 radical (unpaired) electrons. The number of hydrogen-bond acceptors (Lipinski definition) is 6. The number of allylic oxidation sites excluding steroid dienone is 6. The van der Waals surface area contributed by atoms with Crippen LogP contribution in [0.1, 0.15) is 29.9 Å². The molecule has 0 atom stereocenters. The fraction of sp³-hybridized carbons (Fsp3) is 0.0690. The highest BCUT2D eigenvalue weighted by molar-refractivity contribution is 5.97. The molecular formula is C29H26N4O4. The molecule has 37 heavy (non-hydrogen) atoms. The predicted octanol–water partition coefficient (Wildman–Crippen LogP) is 6.15. The second kappa shape index (κ2) is 13.1.